The lowest BCUT2D eigenvalue weighted by Crippen LogP contribution is -2.16. The molecule has 3 heteroatoms. The molecule has 56 valence electrons. The van der Waals surface area contributed by atoms with Crippen LogP contribution in [0.2, 0.25) is 0 Å². The molecule has 4 N–H and O–H groups in total. The molecule has 0 radical (unpaired) electrons. The summed E-state index contributed by atoms with van der Waals surface area (Å²) in [7, 11) is 0. The molecule has 0 amide bonds. The van der Waals surface area contributed by atoms with Crippen LogP contribution in [-0.2, 0) is 0 Å². The van der Waals surface area contributed by atoms with Crippen molar-refractivity contribution in [2.24, 2.45) is 17.6 Å². The third-order valence-corrected chi connectivity index (χ3v) is 2.28. The van der Waals surface area contributed by atoms with Gasteiger partial charge in [-0.25, -0.2) is 0 Å². The van der Waals surface area contributed by atoms with Gasteiger partial charge in [0.25, 0.3) is 0 Å². The predicted octanol–water partition coefficient (Wildman–Crippen LogP) is -0.427. The van der Waals surface area contributed by atoms with E-state index < -0.39 is 0 Å². The van der Waals surface area contributed by atoms with Gasteiger partial charge in [0, 0.05) is 17.8 Å². The molecule has 1 heterocycles. The highest BCUT2D eigenvalue weighted by Crippen LogP contribution is 2.42. The quantitative estimate of drug-likeness (QED) is 0.486. The van der Waals surface area contributed by atoms with Crippen molar-refractivity contribution in [2.75, 3.05) is 13.2 Å². The second kappa shape index (κ2) is 2.16. The highest BCUT2D eigenvalue weighted by Gasteiger charge is 2.39. The smallest absolute Gasteiger partial charge is 0.0843 e. The average molecular weight is 139 g/mol. The van der Waals surface area contributed by atoms with Crippen molar-refractivity contribution < 1.29 is 0 Å². The molecule has 0 aromatic heterocycles. The maximum absolute atomic E-state index is 5.52. The van der Waals surface area contributed by atoms with Crippen molar-refractivity contribution in [1.29, 1.82) is 0 Å². The average Bonchev–Trinajstić information content (AvgIpc) is 2.56. The molecule has 0 unspecified atom stereocenters. The van der Waals surface area contributed by atoms with Crippen LogP contribution in [-0.4, -0.2) is 13.2 Å². The first kappa shape index (κ1) is 6.04. The van der Waals surface area contributed by atoms with Crippen LogP contribution in [0.4, 0.5) is 0 Å². The van der Waals surface area contributed by atoms with Gasteiger partial charge in [0.2, 0.25) is 0 Å². The third kappa shape index (κ3) is 0.865. The molecule has 0 saturated heterocycles. The van der Waals surface area contributed by atoms with Gasteiger partial charge in [-0.1, -0.05) is 0 Å². The largest absolute Gasteiger partial charge is 0.372 e. The van der Waals surface area contributed by atoms with Crippen molar-refractivity contribution in [3.05, 3.63) is 11.9 Å². The molecule has 1 aliphatic carbocycles. The Kier molecular flexibility index (Phi) is 1.31. The molecule has 0 aromatic rings. The molecule has 1 fully saturated rings. The number of hydrogen-bond donors (Lipinski definition) is 3. The van der Waals surface area contributed by atoms with Gasteiger partial charge in [-0.05, 0) is 18.9 Å². The fourth-order valence-electron chi connectivity index (χ4n) is 1.49. The van der Waals surface area contributed by atoms with Crippen LogP contribution < -0.4 is 16.4 Å². The van der Waals surface area contributed by atoms with E-state index in [1.807, 2.05) is 0 Å². The zero-order valence-electron chi connectivity index (χ0n) is 5.93. The second-order valence-corrected chi connectivity index (χ2v) is 3.00. The Labute approximate surface area is 60.7 Å². The van der Waals surface area contributed by atoms with E-state index in [2.05, 4.69) is 16.8 Å². The molecule has 3 nitrogen and oxygen atoms in total. The topological polar surface area (TPSA) is 50.1 Å². The van der Waals surface area contributed by atoms with Crippen LogP contribution in [0.15, 0.2) is 11.9 Å². The van der Waals surface area contributed by atoms with E-state index in [1.54, 1.807) is 0 Å². The van der Waals surface area contributed by atoms with Crippen LogP contribution in [0.5, 0.6) is 0 Å². The molecular formula is C7H13N3. The molecule has 1 aliphatic heterocycles. The van der Waals surface area contributed by atoms with Crippen LogP contribution in [0.25, 0.3) is 0 Å². The Morgan fingerprint density at radius 1 is 1.70 bits per heavy atom. The summed E-state index contributed by atoms with van der Waals surface area (Å²) >= 11 is 0. The molecule has 2 aliphatic rings. The molecular weight excluding hydrogens is 126 g/mol. The summed E-state index contributed by atoms with van der Waals surface area (Å²) in [5.74, 6) is 1.48. The lowest BCUT2D eigenvalue weighted by atomic mass is 10.2. The summed E-state index contributed by atoms with van der Waals surface area (Å²) in [6, 6.07) is 0. The Bertz CT molecular complexity index is 164. The van der Waals surface area contributed by atoms with Crippen LogP contribution in [0.1, 0.15) is 6.42 Å². The van der Waals surface area contributed by atoms with Crippen molar-refractivity contribution in [3.63, 3.8) is 0 Å². The summed E-state index contributed by atoms with van der Waals surface area (Å²) in [4.78, 5) is 0. The molecule has 2 rings (SSSR count). The normalized spacial score (nSPS) is 36.3. The molecule has 0 spiro atoms. The van der Waals surface area contributed by atoms with Gasteiger partial charge in [0.05, 0.1) is 6.67 Å². The highest BCUT2D eigenvalue weighted by atomic mass is 15.1. The minimum atomic E-state index is 0.736. The van der Waals surface area contributed by atoms with Gasteiger partial charge < -0.3 is 16.4 Å². The zero-order chi connectivity index (χ0) is 6.97. The SMILES string of the molecule is NC[C@@H]1C[C@@H]1C1=CNCN1. The summed E-state index contributed by atoms with van der Waals surface area (Å²) in [6.45, 7) is 1.73. The first-order chi connectivity index (χ1) is 4.92. The van der Waals surface area contributed by atoms with Gasteiger partial charge in [0.1, 0.15) is 0 Å². The predicted molar refractivity (Wildman–Crippen MR) is 39.9 cm³/mol. The lowest BCUT2D eigenvalue weighted by Gasteiger charge is -1.98. The van der Waals surface area contributed by atoms with Crippen LogP contribution in [0.3, 0.4) is 0 Å². The number of allylic oxidation sites excluding steroid dienone is 1. The van der Waals surface area contributed by atoms with E-state index >= 15 is 0 Å². The zero-order valence-corrected chi connectivity index (χ0v) is 5.93. The molecule has 0 bridgehead atoms. The Hall–Kier alpha value is -0.700. The first-order valence-electron chi connectivity index (χ1n) is 3.79. The number of nitrogens with one attached hydrogen (secondary N) is 2. The number of nitrogens with two attached hydrogens (primary N) is 1. The Morgan fingerprint density at radius 2 is 2.60 bits per heavy atom. The Balaban J connectivity index is 1.90. The van der Waals surface area contributed by atoms with Gasteiger partial charge in [-0.15, -0.1) is 0 Å². The fourth-order valence-corrected chi connectivity index (χ4v) is 1.49. The van der Waals surface area contributed by atoms with E-state index in [1.165, 1.54) is 12.1 Å². The van der Waals surface area contributed by atoms with Crippen LogP contribution >= 0.6 is 0 Å². The Morgan fingerprint density at radius 3 is 3.10 bits per heavy atom. The van der Waals surface area contributed by atoms with Crippen molar-refractivity contribution in [1.82, 2.24) is 10.6 Å². The van der Waals surface area contributed by atoms with E-state index in [4.69, 9.17) is 5.73 Å². The fraction of sp³-hybridized carbons (Fsp3) is 0.714. The van der Waals surface area contributed by atoms with E-state index in [0.717, 1.165) is 25.0 Å². The standard InChI is InChI=1S/C7H13N3/c8-2-5-1-6(5)7-3-9-4-10-7/h3,5-6,9-10H,1-2,4,8H2/t5-,6-/m0/s1. The van der Waals surface area contributed by atoms with Crippen molar-refractivity contribution in [2.45, 2.75) is 6.42 Å². The third-order valence-electron chi connectivity index (χ3n) is 2.28. The van der Waals surface area contributed by atoms with Gasteiger partial charge in [0.15, 0.2) is 0 Å². The van der Waals surface area contributed by atoms with E-state index in [-0.39, 0.29) is 0 Å². The summed E-state index contributed by atoms with van der Waals surface area (Å²) in [5.41, 5.74) is 6.87. The molecule has 1 saturated carbocycles. The van der Waals surface area contributed by atoms with Crippen LogP contribution in [0, 0.1) is 11.8 Å². The van der Waals surface area contributed by atoms with Gasteiger partial charge in [-0.2, -0.15) is 0 Å². The molecule has 10 heavy (non-hydrogen) atoms. The summed E-state index contributed by atoms with van der Waals surface area (Å²) < 4.78 is 0. The molecule has 0 aromatic carbocycles. The van der Waals surface area contributed by atoms with Crippen molar-refractivity contribution >= 4 is 0 Å². The number of hydrogen-bond acceptors (Lipinski definition) is 3. The minimum absolute atomic E-state index is 0.736. The first-order valence-corrected chi connectivity index (χ1v) is 3.79. The van der Waals surface area contributed by atoms with Gasteiger partial charge in [-0.3, -0.25) is 0 Å². The molecule has 2 atom stereocenters. The maximum Gasteiger partial charge on any atom is 0.0843 e. The summed E-state index contributed by atoms with van der Waals surface area (Å²) in [6.07, 6.45) is 3.34. The highest BCUT2D eigenvalue weighted by molar-refractivity contribution is 5.16. The number of rotatable bonds is 2. The second-order valence-electron chi connectivity index (χ2n) is 3.00. The maximum atomic E-state index is 5.52. The minimum Gasteiger partial charge on any atom is -0.372 e. The van der Waals surface area contributed by atoms with Gasteiger partial charge >= 0.3 is 0 Å². The lowest BCUT2D eigenvalue weighted by molar-refractivity contribution is 0.717. The van der Waals surface area contributed by atoms with E-state index in [0.29, 0.717) is 0 Å². The van der Waals surface area contributed by atoms with Crippen molar-refractivity contribution in [3.8, 4) is 0 Å². The monoisotopic (exact) mass is 139 g/mol. The summed E-state index contributed by atoms with van der Waals surface area (Å²) in [5, 5.41) is 6.40. The van der Waals surface area contributed by atoms with E-state index in [9.17, 15) is 0 Å².